The Balaban J connectivity index is 1.98. The van der Waals surface area contributed by atoms with Crippen LogP contribution in [0.1, 0.15) is 24.3 Å². The Morgan fingerprint density at radius 1 is 1.27 bits per heavy atom. The molecule has 0 saturated heterocycles. The first-order valence-electron chi connectivity index (χ1n) is 6.93. The molecule has 116 valence electrons. The van der Waals surface area contributed by atoms with Gasteiger partial charge in [0, 0.05) is 28.5 Å². The van der Waals surface area contributed by atoms with E-state index >= 15 is 0 Å². The van der Waals surface area contributed by atoms with Crippen LogP contribution in [0.15, 0.2) is 41.8 Å². The summed E-state index contributed by atoms with van der Waals surface area (Å²) in [5, 5.41) is 15.8. The molecule has 5 nitrogen and oxygen atoms in total. The lowest BCUT2D eigenvalue weighted by atomic mass is 9.91. The molecule has 0 aliphatic carbocycles. The number of nitrogens with zero attached hydrogens (tertiary/aromatic N) is 1. The van der Waals surface area contributed by atoms with Gasteiger partial charge in [0.15, 0.2) is 0 Å². The lowest BCUT2D eigenvalue weighted by Crippen LogP contribution is -2.37. The number of nitro groups is 1. The lowest BCUT2D eigenvalue weighted by Gasteiger charge is -2.23. The molecule has 0 bridgehead atoms. The molecule has 1 N–H and O–H groups in total. The molecule has 0 spiro atoms. The number of benzene rings is 1. The van der Waals surface area contributed by atoms with Gasteiger partial charge in [-0.3, -0.25) is 14.9 Å². The van der Waals surface area contributed by atoms with E-state index in [1.165, 1.54) is 10.9 Å². The maximum Gasteiger partial charge on any atom is 0.273 e. The third kappa shape index (κ3) is 3.92. The summed E-state index contributed by atoms with van der Waals surface area (Å²) in [7, 11) is 0. The fraction of sp³-hybridized carbons (Fsp3) is 0.312. The van der Waals surface area contributed by atoms with Gasteiger partial charge in [-0.05, 0) is 11.4 Å². The Morgan fingerprint density at radius 2 is 2.00 bits per heavy atom. The third-order valence-corrected chi connectivity index (χ3v) is 4.69. The predicted octanol–water partition coefficient (Wildman–Crippen LogP) is 3.29. The third-order valence-electron chi connectivity index (χ3n) is 3.46. The smallest absolute Gasteiger partial charge is 0.273 e. The quantitative estimate of drug-likeness (QED) is 0.656. The fourth-order valence-electron chi connectivity index (χ4n) is 2.14. The van der Waals surface area contributed by atoms with E-state index in [1.807, 2.05) is 17.5 Å². The monoisotopic (exact) mass is 318 g/mol. The van der Waals surface area contributed by atoms with Gasteiger partial charge in [-0.1, -0.05) is 38.1 Å². The van der Waals surface area contributed by atoms with Gasteiger partial charge in [0.1, 0.15) is 0 Å². The number of rotatable bonds is 6. The molecule has 0 radical (unpaired) electrons. The summed E-state index contributed by atoms with van der Waals surface area (Å²) < 4.78 is 0. The second kappa shape index (κ2) is 6.70. The van der Waals surface area contributed by atoms with Crippen molar-refractivity contribution < 1.29 is 9.72 Å². The molecule has 0 fully saturated rings. The number of nitro benzene ring substituents is 1. The molecule has 1 aromatic carbocycles. The highest BCUT2D eigenvalue weighted by Crippen LogP contribution is 2.26. The van der Waals surface area contributed by atoms with E-state index in [-0.39, 0.29) is 23.4 Å². The number of nitrogens with one attached hydrogen (secondary N) is 1. The van der Waals surface area contributed by atoms with Gasteiger partial charge in [-0.25, -0.2) is 0 Å². The first-order valence-corrected chi connectivity index (χ1v) is 7.81. The Kier molecular flexibility index (Phi) is 4.92. The molecule has 2 aromatic rings. The standard InChI is InChI=1S/C16H18N2O3S/c1-16(2,14-8-5-9-22-14)11-17-15(19)10-12-6-3-4-7-13(12)18(20)21/h3-9H,10-11H2,1-2H3,(H,17,19). The van der Waals surface area contributed by atoms with Crippen molar-refractivity contribution >= 4 is 22.9 Å². The lowest BCUT2D eigenvalue weighted by molar-refractivity contribution is -0.385. The molecule has 1 heterocycles. The van der Waals surface area contributed by atoms with Gasteiger partial charge in [-0.15, -0.1) is 11.3 Å². The molecule has 1 aromatic heterocycles. The fourth-order valence-corrected chi connectivity index (χ4v) is 3.00. The van der Waals surface area contributed by atoms with Crippen molar-refractivity contribution in [1.82, 2.24) is 5.32 Å². The SMILES string of the molecule is CC(C)(CNC(=O)Cc1ccccc1[N+](=O)[O-])c1cccs1. The summed E-state index contributed by atoms with van der Waals surface area (Å²) in [5.41, 5.74) is 0.251. The van der Waals surface area contributed by atoms with Crippen LogP contribution in [0, 0.1) is 10.1 Å². The van der Waals surface area contributed by atoms with Gasteiger partial charge < -0.3 is 5.32 Å². The molecular formula is C16H18N2O3S. The Hall–Kier alpha value is -2.21. The molecule has 0 atom stereocenters. The van der Waals surface area contributed by atoms with Crippen LogP contribution in [0.3, 0.4) is 0 Å². The average molecular weight is 318 g/mol. The van der Waals surface area contributed by atoms with Crippen LogP contribution >= 0.6 is 11.3 Å². The number of hydrogen-bond donors (Lipinski definition) is 1. The van der Waals surface area contributed by atoms with Gasteiger partial charge in [-0.2, -0.15) is 0 Å². The first-order chi connectivity index (χ1) is 10.4. The second-order valence-electron chi connectivity index (χ2n) is 5.70. The van der Waals surface area contributed by atoms with Crippen LogP contribution in [0.2, 0.25) is 0 Å². The zero-order chi connectivity index (χ0) is 16.2. The van der Waals surface area contributed by atoms with Gasteiger partial charge in [0.05, 0.1) is 11.3 Å². The maximum absolute atomic E-state index is 12.1. The molecule has 0 aliphatic heterocycles. The minimum absolute atomic E-state index is 0.0116. The van der Waals surface area contributed by atoms with E-state index in [4.69, 9.17) is 0 Å². The summed E-state index contributed by atoms with van der Waals surface area (Å²) in [5.74, 6) is -0.209. The minimum Gasteiger partial charge on any atom is -0.355 e. The highest BCUT2D eigenvalue weighted by molar-refractivity contribution is 7.10. The van der Waals surface area contributed by atoms with Crippen molar-refractivity contribution in [2.45, 2.75) is 25.7 Å². The predicted molar refractivity (Wildman–Crippen MR) is 87.2 cm³/mol. The summed E-state index contributed by atoms with van der Waals surface area (Å²) in [6.07, 6.45) is 0.0116. The van der Waals surface area contributed by atoms with Gasteiger partial charge >= 0.3 is 0 Å². The van der Waals surface area contributed by atoms with Crippen LogP contribution in [0.5, 0.6) is 0 Å². The average Bonchev–Trinajstić information content (AvgIpc) is 3.01. The van der Waals surface area contributed by atoms with E-state index < -0.39 is 4.92 Å². The Morgan fingerprint density at radius 3 is 2.64 bits per heavy atom. The molecule has 22 heavy (non-hydrogen) atoms. The Labute approximate surface area is 133 Å². The number of hydrogen-bond acceptors (Lipinski definition) is 4. The van der Waals surface area contributed by atoms with Crippen LogP contribution in [-0.4, -0.2) is 17.4 Å². The number of thiophene rings is 1. The zero-order valence-electron chi connectivity index (χ0n) is 12.5. The van der Waals surface area contributed by atoms with Crippen molar-refractivity contribution in [3.63, 3.8) is 0 Å². The van der Waals surface area contributed by atoms with E-state index in [0.717, 1.165) is 0 Å². The molecular weight excluding hydrogens is 300 g/mol. The van der Waals surface area contributed by atoms with E-state index in [2.05, 4.69) is 19.2 Å². The topological polar surface area (TPSA) is 72.2 Å². The normalized spacial score (nSPS) is 11.2. The summed E-state index contributed by atoms with van der Waals surface area (Å²) >= 11 is 1.65. The van der Waals surface area contributed by atoms with Crippen molar-refractivity contribution in [3.8, 4) is 0 Å². The zero-order valence-corrected chi connectivity index (χ0v) is 13.4. The summed E-state index contributed by atoms with van der Waals surface area (Å²) in [4.78, 5) is 23.8. The largest absolute Gasteiger partial charge is 0.355 e. The van der Waals surface area contributed by atoms with E-state index in [9.17, 15) is 14.9 Å². The van der Waals surface area contributed by atoms with E-state index in [1.54, 1.807) is 29.5 Å². The van der Waals surface area contributed by atoms with Crippen molar-refractivity contribution in [2.75, 3.05) is 6.54 Å². The van der Waals surface area contributed by atoms with Crippen molar-refractivity contribution in [1.29, 1.82) is 0 Å². The van der Waals surface area contributed by atoms with Crippen LogP contribution < -0.4 is 5.32 Å². The van der Waals surface area contributed by atoms with Gasteiger partial charge in [0.2, 0.25) is 5.91 Å². The minimum atomic E-state index is -0.460. The molecule has 6 heteroatoms. The number of carbonyl (C=O) groups is 1. The van der Waals surface area contributed by atoms with Gasteiger partial charge in [0.25, 0.3) is 5.69 Å². The van der Waals surface area contributed by atoms with E-state index in [0.29, 0.717) is 12.1 Å². The molecule has 0 unspecified atom stereocenters. The summed E-state index contributed by atoms with van der Waals surface area (Å²) in [6, 6.07) is 10.3. The maximum atomic E-state index is 12.1. The van der Waals surface area contributed by atoms with Crippen LogP contribution in [-0.2, 0) is 16.6 Å². The molecule has 2 rings (SSSR count). The van der Waals surface area contributed by atoms with Crippen LogP contribution in [0.25, 0.3) is 0 Å². The first kappa shape index (κ1) is 16.2. The van der Waals surface area contributed by atoms with Crippen molar-refractivity contribution in [3.05, 3.63) is 62.3 Å². The van der Waals surface area contributed by atoms with Crippen LogP contribution in [0.4, 0.5) is 5.69 Å². The highest BCUT2D eigenvalue weighted by Gasteiger charge is 2.23. The Bertz CT molecular complexity index is 666. The highest BCUT2D eigenvalue weighted by atomic mass is 32.1. The number of carbonyl (C=O) groups excluding carboxylic acids is 1. The summed E-state index contributed by atoms with van der Waals surface area (Å²) in [6.45, 7) is 4.61. The molecule has 0 aliphatic rings. The van der Waals surface area contributed by atoms with Crippen molar-refractivity contribution in [2.24, 2.45) is 0 Å². The number of para-hydroxylation sites is 1. The number of amides is 1. The molecule has 1 amide bonds. The second-order valence-corrected chi connectivity index (χ2v) is 6.65. The molecule has 0 saturated carbocycles.